The van der Waals surface area contributed by atoms with Crippen LogP contribution in [-0.2, 0) is 17.9 Å². The van der Waals surface area contributed by atoms with Gasteiger partial charge in [0.05, 0.1) is 5.39 Å². The van der Waals surface area contributed by atoms with E-state index in [1.54, 1.807) is 18.3 Å². The summed E-state index contributed by atoms with van der Waals surface area (Å²) in [7, 11) is 0. The van der Waals surface area contributed by atoms with E-state index in [4.69, 9.17) is 0 Å². The second-order valence-corrected chi connectivity index (χ2v) is 4.81. The number of hydrogen-bond donors (Lipinski definition) is 1. The lowest BCUT2D eigenvalue weighted by Gasteiger charge is -2.07. The molecule has 110 valence electrons. The maximum Gasteiger partial charge on any atom is 0.263 e. The van der Waals surface area contributed by atoms with E-state index < -0.39 is 0 Å². The lowest BCUT2D eigenvalue weighted by molar-refractivity contribution is -0.121. The number of benzene rings is 1. The van der Waals surface area contributed by atoms with Crippen LogP contribution in [-0.4, -0.2) is 20.4 Å². The fraction of sp³-hybridized carbons (Fsp3) is 0.125. The Hall–Kier alpha value is -3.02. The first-order chi connectivity index (χ1) is 10.7. The van der Waals surface area contributed by atoms with Crippen LogP contribution < -0.4 is 10.9 Å². The molecule has 3 aromatic rings. The largest absolute Gasteiger partial charge is 0.350 e. The van der Waals surface area contributed by atoms with E-state index in [0.29, 0.717) is 17.6 Å². The van der Waals surface area contributed by atoms with E-state index >= 15 is 0 Å². The van der Waals surface area contributed by atoms with Crippen LogP contribution in [0.1, 0.15) is 5.56 Å². The highest BCUT2D eigenvalue weighted by molar-refractivity contribution is 5.77. The molecule has 0 aliphatic heterocycles. The minimum atomic E-state index is -0.270. The molecule has 1 N–H and O–H groups in total. The van der Waals surface area contributed by atoms with Gasteiger partial charge in [-0.2, -0.15) is 0 Å². The predicted molar refractivity (Wildman–Crippen MR) is 82.1 cm³/mol. The van der Waals surface area contributed by atoms with Crippen molar-refractivity contribution in [3.8, 4) is 0 Å². The van der Waals surface area contributed by atoms with Gasteiger partial charge in [0, 0.05) is 12.7 Å². The molecule has 0 aliphatic carbocycles. The molecule has 22 heavy (non-hydrogen) atoms. The first-order valence-corrected chi connectivity index (χ1v) is 6.85. The Morgan fingerprint density at radius 3 is 2.73 bits per heavy atom. The van der Waals surface area contributed by atoms with Gasteiger partial charge in [-0.25, -0.2) is 9.97 Å². The normalized spacial score (nSPS) is 10.5. The summed E-state index contributed by atoms with van der Waals surface area (Å²) in [6.07, 6.45) is 2.92. The highest BCUT2D eigenvalue weighted by atomic mass is 16.2. The van der Waals surface area contributed by atoms with Crippen molar-refractivity contribution < 1.29 is 4.79 Å². The quantitative estimate of drug-likeness (QED) is 0.782. The molecule has 3 rings (SSSR count). The molecule has 0 atom stereocenters. The van der Waals surface area contributed by atoms with Gasteiger partial charge in [-0.1, -0.05) is 30.3 Å². The average Bonchev–Trinajstić information content (AvgIpc) is 2.57. The van der Waals surface area contributed by atoms with Crippen molar-refractivity contribution in [1.29, 1.82) is 0 Å². The molecule has 0 fully saturated rings. The minimum Gasteiger partial charge on any atom is -0.350 e. The summed E-state index contributed by atoms with van der Waals surface area (Å²) in [5, 5.41) is 3.18. The predicted octanol–water partition coefficient (Wildman–Crippen LogP) is 1.11. The Kier molecular flexibility index (Phi) is 3.91. The van der Waals surface area contributed by atoms with Crippen molar-refractivity contribution in [3.63, 3.8) is 0 Å². The molecule has 1 aromatic carbocycles. The third-order valence-electron chi connectivity index (χ3n) is 3.24. The average molecular weight is 294 g/mol. The Bertz CT molecular complexity index is 859. The van der Waals surface area contributed by atoms with Crippen LogP contribution in [0.25, 0.3) is 11.0 Å². The van der Waals surface area contributed by atoms with E-state index in [9.17, 15) is 9.59 Å². The summed E-state index contributed by atoms with van der Waals surface area (Å²) in [4.78, 5) is 32.3. The van der Waals surface area contributed by atoms with Gasteiger partial charge in [0.2, 0.25) is 5.91 Å². The van der Waals surface area contributed by atoms with Gasteiger partial charge in [0.1, 0.15) is 12.9 Å². The van der Waals surface area contributed by atoms with Gasteiger partial charge in [-0.05, 0) is 17.7 Å². The molecule has 0 aliphatic rings. The molecule has 0 unspecified atom stereocenters. The number of nitrogens with zero attached hydrogens (tertiary/aromatic N) is 3. The third kappa shape index (κ3) is 3.01. The Morgan fingerprint density at radius 2 is 1.91 bits per heavy atom. The van der Waals surface area contributed by atoms with Crippen LogP contribution in [0.2, 0.25) is 0 Å². The summed E-state index contributed by atoms with van der Waals surface area (Å²) < 4.78 is 1.28. The zero-order valence-corrected chi connectivity index (χ0v) is 11.8. The van der Waals surface area contributed by atoms with E-state index in [1.165, 1.54) is 10.9 Å². The maximum atomic E-state index is 12.2. The van der Waals surface area contributed by atoms with Crippen LogP contribution in [0.15, 0.2) is 59.8 Å². The van der Waals surface area contributed by atoms with Gasteiger partial charge in [-0.3, -0.25) is 14.2 Å². The topological polar surface area (TPSA) is 76.9 Å². The van der Waals surface area contributed by atoms with E-state index in [1.807, 2.05) is 30.3 Å². The van der Waals surface area contributed by atoms with Gasteiger partial charge in [0.15, 0.2) is 5.65 Å². The number of rotatable bonds is 4. The number of aromatic nitrogens is 3. The molecule has 1 amide bonds. The molecule has 0 radical (unpaired) electrons. The van der Waals surface area contributed by atoms with Crippen LogP contribution in [0.4, 0.5) is 0 Å². The first-order valence-electron chi connectivity index (χ1n) is 6.85. The van der Waals surface area contributed by atoms with Crippen molar-refractivity contribution in [3.05, 3.63) is 70.9 Å². The molecule has 0 saturated carbocycles. The summed E-state index contributed by atoms with van der Waals surface area (Å²) >= 11 is 0. The van der Waals surface area contributed by atoms with E-state index in [0.717, 1.165) is 5.56 Å². The number of nitrogens with one attached hydrogen (secondary N) is 1. The van der Waals surface area contributed by atoms with Crippen LogP contribution in [0.5, 0.6) is 0 Å². The monoisotopic (exact) mass is 294 g/mol. The lowest BCUT2D eigenvalue weighted by atomic mass is 10.2. The SMILES string of the molecule is O=C(Cn1cnc2ncccc2c1=O)NCc1ccccc1. The lowest BCUT2D eigenvalue weighted by Crippen LogP contribution is -2.32. The van der Waals surface area contributed by atoms with Crippen LogP contribution in [0.3, 0.4) is 0 Å². The van der Waals surface area contributed by atoms with Gasteiger partial charge >= 0.3 is 0 Å². The molecule has 2 heterocycles. The zero-order chi connectivity index (χ0) is 15.4. The summed E-state index contributed by atoms with van der Waals surface area (Å²) in [6, 6.07) is 12.9. The standard InChI is InChI=1S/C16H14N4O2/c21-14(18-9-12-5-2-1-3-6-12)10-20-11-19-15-13(16(20)22)7-4-8-17-15/h1-8,11H,9-10H2,(H,18,21). The second-order valence-electron chi connectivity index (χ2n) is 4.81. The Labute approximate surface area is 126 Å². The summed E-state index contributed by atoms with van der Waals surface area (Å²) in [5.74, 6) is -0.240. The van der Waals surface area contributed by atoms with Crippen LogP contribution in [0, 0.1) is 0 Å². The van der Waals surface area contributed by atoms with E-state index in [2.05, 4.69) is 15.3 Å². The van der Waals surface area contributed by atoms with Crippen molar-refractivity contribution in [2.75, 3.05) is 0 Å². The van der Waals surface area contributed by atoms with Gasteiger partial charge in [0.25, 0.3) is 5.56 Å². The smallest absolute Gasteiger partial charge is 0.263 e. The number of fused-ring (bicyclic) bond motifs is 1. The summed E-state index contributed by atoms with van der Waals surface area (Å²) in [6.45, 7) is 0.362. The van der Waals surface area contributed by atoms with Crippen LogP contribution >= 0.6 is 0 Å². The maximum absolute atomic E-state index is 12.2. The van der Waals surface area contributed by atoms with Gasteiger partial charge in [-0.15, -0.1) is 0 Å². The highest BCUT2D eigenvalue weighted by Crippen LogP contribution is 2.01. The molecular weight excluding hydrogens is 280 g/mol. The third-order valence-corrected chi connectivity index (χ3v) is 3.24. The Balaban J connectivity index is 1.72. The first kappa shape index (κ1) is 13.9. The van der Waals surface area contributed by atoms with Crippen molar-refractivity contribution in [2.24, 2.45) is 0 Å². The number of pyridine rings is 1. The van der Waals surface area contributed by atoms with Crippen molar-refractivity contribution in [1.82, 2.24) is 19.9 Å². The number of carbonyl (C=O) groups is 1. The second kappa shape index (κ2) is 6.17. The molecule has 6 nitrogen and oxygen atoms in total. The molecule has 0 bridgehead atoms. The zero-order valence-electron chi connectivity index (χ0n) is 11.8. The minimum absolute atomic E-state index is 0.0660. The molecular formula is C16H14N4O2. The fourth-order valence-electron chi connectivity index (χ4n) is 2.12. The highest BCUT2D eigenvalue weighted by Gasteiger charge is 2.08. The molecule has 6 heteroatoms. The van der Waals surface area contributed by atoms with E-state index in [-0.39, 0.29) is 18.0 Å². The van der Waals surface area contributed by atoms with Gasteiger partial charge < -0.3 is 5.32 Å². The van der Waals surface area contributed by atoms with Crippen molar-refractivity contribution in [2.45, 2.75) is 13.1 Å². The van der Waals surface area contributed by atoms with Crippen molar-refractivity contribution >= 4 is 16.9 Å². The number of carbonyl (C=O) groups excluding carboxylic acids is 1. The molecule has 2 aromatic heterocycles. The Morgan fingerprint density at radius 1 is 1.09 bits per heavy atom. The molecule has 0 saturated heterocycles. The molecule has 0 spiro atoms. The number of amides is 1. The summed E-state index contributed by atoms with van der Waals surface area (Å²) in [5.41, 5.74) is 1.12. The fourth-order valence-corrected chi connectivity index (χ4v) is 2.12. The number of hydrogen-bond acceptors (Lipinski definition) is 4.